The molecular weight excluding hydrogens is 294 g/mol. The Labute approximate surface area is 130 Å². The quantitative estimate of drug-likeness (QED) is 0.797. The maximum Gasteiger partial charge on any atom is 0.0556 e. The maximum atomic E-state index is 6.48. The smallest absolute Gasteiger partial charge is 0.0556 e. The first-order valence-corrected chi connectivity index (χ1v) is 9.61. The van der Waals surface area contributed by atoms with E-state index < -0.39 is 0 Å². The minimum atomic E-state index is 0.156. The fourth-order valence-electron chi connectivity index (χ4n) is 3.06. The number of nitrogens with two attached hydrogens (primary N) is 1. The highest BCUT2D eigenvalue weighted by Gasteiger charge is 2.33. The predicted molar refractivity (Wildman–Crippen MR) is 88.8 cm³/mol. The first-order chi connectivity index (χ1) is 9.16. The van der Waals surface area contributed by atoms with Crippen LogP contribution in [0, 0.1) is 0 Å². The van der Waals surface area contributed by atoms with Gasteiger partial charge in [-0.05, 0) is 43.0 Å². The predicted octanol–water partition coefficient (Wildman–Crippen LogP) is 4.94. The van der Waals surface area contributed by atoms with Gasteiger partial charge in [0.1, 0.15) is 0 Å². The monoisotopic (exact) mass is 315 g/mol. The van der Waals surface area contributed by atoms with Gasteiger partial charge in [-0.1, -0.05) is 30.9 Å². The van der Waals surface area contributed by atoms with Crippen molar-refractivity contribution in [2.75, 3.05) is 19.1 Å². The van der Waals surface area contributed by atoms with Gasteiger partial charge in [0.15, 0.2) is 0 Å². The van der Waals surface area contributed by atoms with E-state index in [0.717, 1.165) is 11.6 Å². The number of hydrogen-bond donors (Lipinski definition) is 1. The molecule has 0 aliphatic heterocycles. The van der Waals surface area contributed by atoms with Gasteiger partial charge in [0.2, 0.25) is 0 Å². The molecule has 0 radical (unpaired) electrons. The van der Waals surface area contributed by atoms with Crippen LogP contribution < -0.4 is 5.73 Å². The molecule has 0 amide bonds. The van der Waals surface area contributed by atoms with Crippen molar-refractivity contribution in [1.82, 2.24) is 0 Å². The summed E-state index contributed by atoms with van der Waals surface area (Å²) in [5.74, 6) is 0. The lowest BCUT2D eigenvalue weighted by Crippen LogP contribution is -2.37. The van der Waals surface area contributed by atoms with Gasteiger partial charge in [0.25, 0.3) is 0 Å². The Morgan fingerprint density at radius 1 is 1.16 bits per heavy atom. The zero-order valence-electron chi connectivity index (χ0n) is 11.7. The van der Waals surface area contributed by atoms with Crippen LogP contribution in [-0.2, 0) is 5.41 Å². The van der Waals surface area contributed by atoms with Crippen molar-refractivity contribution in [3.05, 3.63) is 22.7 Å². The molecule has 1 aromatic rings. The molecule has 0 bridgehead atoms. The summed E-state index contributed by atoms with van der Waals surface area (Å²) in [5, 5.41) is 0.882. The molecule has 0 heterocycles. The highest BCUT2D eigenvalue weighted by molar-refractivity contribution is 8.01. The number of rotatable bonds is 4. The van der Waals surface area contributed by atoms with Crippen molar-refractivity contribution in [2.45, 2.75) is 47.3 Å². The summed E-state index contributed by atoms with van der Waals surface area (Å²) in [6.45, 7) is 0.732. The van der Waals surface area contributed by atoms with E-state index in [4.69, 9.17) is 17.3 Å². The van der Waals surface area contributed by atoms with E-state index in [2.05, 4.69) is 24.6 Å². The third-order valence-electron chi connectivity index (χ3n) is 4.25. The van der Waals surface area contributed by atoms with Crippen LogP contribution >= 0.6 is 35.1 Å². The highest BCUT2D eigenvalue weighted by atomic mass is 35.5. The molecule has 1 aliphatic carbocycles. The Kier molecular flexibility index (Phi) is 5.53. The molecule has 1 nitrogen and oxygen atoms in total. The second kappa shape index (κ2) is 6.75. The largest absolute Gasteiger partial charge is 0.330 e. The molecule has 1 aromatic carbocycles. The summed E-state index contributed by atoms with van der Waals surface area (Å²) >= 11 is 9.98. The fourth-order valence-corrected chi connectivity index (χ4v) is 5.12. The van der Waals surface area contributed by atoms with Crippen molar-refractivity contribution < 1.29 is 0 Å². The highest BCUT2D eigenvalue weighted by Crippen LogP contribution is 2.43. The van der Waals surface area contributed by atoms with Crippen LogP contribution in [-0.4, -0.2) is 19.1 Å². The van der Waals surface area contributed by atoms with Crippen molar-refractivity contribution in [3.8, 4) is 0 Å². The van der Waals surface area contributed by atoms with Crippen LogP contribution in [0.5, 0.6) is 0 Å². The molecule has 0 atom stereocenters. The normalized spacial score (nSPS) is 18.5. The lowest BCUT2D eigenvalue weighted by molar-refractivity contribution is 0.300. The van der Waals surface area contributed by atoms with Crippen LogP contribution in [0.25, 0.3) is 0 Å². The lowest BCUT2D eigenvalue weighted by atomic mass is 9.69. The molecule has 2 N–H and O–H groups in total. The summed E-state index contributed by atoms with van der Waals surface area (Å²) in [7, 11) is 0. The van der Waals surface area contributed by atoms with Crippen LogP contribution in [0.4, 0.5) is 0 Å². The van der Waals surface area contributed by atoms with E-state index >= 15 is 0 Å². The van der Waals surface area contributed by atoms with E-state index in [-0.39, 0.29) is 5.41 Å². The molecule has 0 spiro atoms. The van der Waals surface area contributed by atoms with Crippen molar-refractivity contribution in [1.29, 1.82) is 0 Å². The number of thioether (sulfide) groups is 2. The van der Waals surface area contributed by atoms with Gasteiger partial charge < -0.3 is 5.73 Å². The van der Waals surface area contributed by atoms with Crippen LogP contribution in [0.3, 0.4) is 0 Å². The molecule has 19 heavy (non-hydrogen) atoms. The van der Waals surface area contributed by atoms with Crippen molar-refractivity contribution >= 4 is 35.1 Å². The average Bonchev–Trinajstić information content (AvgIpc) is 2.47. The summed E-state index contributed by atoms with van der Waals surface area (Å²) < 4.78 is 0. The Morgan fingerprint density at radius 3 is 2.37 bits per heavy atom. The Bertz CT molecular complexity index is 442. The van der Waals surface area contributed by atoms with Gasteiger partial charge in [0.05, 0.1) is 5.02 Å². The zero-order valence-corrected chi connectivity index (χ0v) is 14.1. The number of hydrogen-bond acceptors (Lipinski definition) is 3. The molecule has 0 aromatic heterocycles. The molecule has 4 heteroatoms. The van der Waals surface area contributed by atoms with Crippen molar-refractivity contribution in [2.24, 2.45) is 5.73 Å². The second-order valence-electron chi connectivity index (χ2n) is 5.24. The molecule has 0 saturated heterocycles. The van der Waals surface area contributed by atoms with Gasteiger partial charge in [-0.15, -0.1) is 23.5 Å². The van der Waals surface area contributed by atoms with Gasteiger partial charge in [-0.25, -0.2) is 0 Å². The van der Waals surface area contributed by atoms with Crippen LogP contribution in [0.1, 0.15) is 37.7 Å². The van der Waals surface area contributed by atoms with E-state index in [1.165, 1.54) is 47.5 Å². The van der Waals surface area contributed by atoms with Gasteiger partial charge in [0, 0.05) is 21.8 Å². The standard InChI is InChI=1S/C15H22ClNS2/c1-18-13-9-11(8-12(16)14(13)19-2)15(10-17)6-4-3-5-7-15/h8-9H,3-7,10,17H2,1-2H3. The van der Waals surface area contributed by atoms with E-state index in [1.54, 1.807) is 23.5 Å². The number of halogens is 1. The van der Waals surface area contributed by atoms with Gasteiger partial charge >= 0.3 is 0 Å². The Morgan fingerprint density at radius 2 is 1.84 bits per heavy atom. The Hall–Kier alpha value is 0.170. The average molecular weight is 316 g/mol. The molecule has 1 fully saturated rings. The van der Waals surface area contributed by atoms with Crippen molar-refractivity contribution in [3.63, 3.8) is 0 Å². The van der Waals surface area contributed by atoms with E-state index in [1.807, 2.05) is 0 Å². The molecule has 2 rings (SSSR count). The molecular formula is C15H22ClNS2. The second-order valence-corrected chi connectivity index (χ2v) is 7.31. The van der Waals surface area contributed by atoms with Gasteiger partial charge in [-0.2, -0.15) is 0 Å². The maximum absolute atomic E-state index is 6.48. The molecule has 1 saturated carbocycles. The third-order valence-corrected chi connectivity index (χ3v) is 6.40. The molecule has 106 valence electrons. The van der Waals surface area contributed by atoms with Crippen LogP contribution in [0.2, 0.25) is 5.02 Å². The minimum absolute atomic E-state index is 0.156. The lowest BCUT2D eigenvalue weighted by Gasteiger charge is -2.37. The minimum Gasteiger partial charge on any atom is -0.330 e. The first kappa shape index (κ1) is 15.6. The summed E-state index contributed by atoms with van der Waals surface area (Å²) in [6.07, 6.45) is 10.5. The summed E-state index contributed by atoms with van der Waals surface area (Å²) in [5.41, 5.74) is 7.63. The fraction of sp³-hybridized carbons (Fsp3) is 0.600. The summed E-state index contributed by atoms with van der Waals surface area (Å²) in [4.78, 5) is 2.48. The number of benzene rings is 1. The molecule has 1 aliphatic rings. The zero-order chi connectivity index (χ0) is 13.9. The van der Waals surface area contributed by atoms with Gasteiger partial charge in [-0.3, -0.25) is 0 Å². The third kappa shape index (κ3) is 3.10. The van der Waals surface area contributed by atoms with E-state index in [9.17, 15) is 0 Å². The first-order valence-electron chi connectivity index (χ1n) is 6.79. The topological polar surface area (TPSA) is 26.0 Å². The van der Waals surface area contributed by atoms with Crippen LogP contribution in [0.15, 0.2) is 21.9 Å². The summed E-state index contributed by atoms with van der Waals surface area (Å²) in [6, 6.07) is 4.48. The SMILES string of the molecule is CSc1cc(C2(CN)CCCCC2)cc(Cl)c1SC. The Balaban J connectivity index is 2.46. The molecule has 0 unspecified atom stereocenters. The van der Waals surface area contributed by atoms with E-state index in [0.29, 0.717) is 0 Å².